The number of piperidine rings is 1. The number of nitrogens with zero attached hydrogens (tertiary/aromatic N) is 2. The van der Waals surface area contributed by atoms with Gasteiger partial charge < -0.3 is 15.2 Å². The van der Waals surface area contributed by atoms with Crippen LogP contribution < -0.4 is 10.6 Å². The molecule has 0 saturated carbocycles. The average molecular weight is 286 g/mol. The first-order valence-corrected chi connectivity index (χ1v) is 7.18. The zero-order chi connectivity index (χ0) is 14.7. The van der Waals surface area contributed by atoms with Crippen LogP contribution in [-0.2, 0) is 4.79 Å². The molecule has 6 heteroatoms. The zero-order valence-corrected chi connectivity index (χ0v) is 11.9. The number of amides is 1. The van der Waals surface area contributed by atoms with Gasteiger partial charge in [0.1, 0.15) is 0 Å². The molecule has 1 aliphatic rings. The van der Waals surface area contributed by atoms with Crippen molar-refractivity contribution in [3.63, 3.8) is 0 Å². The Balaban J connectivity index is 1.80. The van der Waals surface area contributed by atoms with Crippen LogP contribution in [0.25, 0.3) is 11.5 Å². The number of benzene rings is 1. The fraction of sp³-hybridized carbons (Fsp3) is 0.400. The van der Waals surface area contributed by atoms with Crippen molar-refractivity contribution < 1.29 is 9.32 Å². The number of para-hydroxylation sites is 1. The molecule has 1 aliphatic heterocycles. The first-order valence-electron chi connectivity index (χ1n) is 7.18. The Kier molecular flexibility index (Phi) is 3.96. The van der Waals surface area contributed by atoms with Gasteiger partial charge in [0.2, 0.25) is 5.91 Å². The predicted molar refractivity (Wildman–Crippen MR) is 78.7 cm³/mol. The van der Waals surface area contributed by atoms with Gasteiger partial charge in [0, 0.05) is 0 Å². The maximum atomic E-state index is 12.3. The van der Waals surface area contributed by atoms with Crippen LogP contribution in [0.15, 0.2) is 28.8 Å². The van der Waals surface area contributed by atoms with E-state index in [9.17, 15) is 4.79 Å². The summed E-state index contributed by atoms with van der Waals surface area (Å²) in [6, 6.07) is 7.32. The lowest BCUT2D eigenvalue weighted by Gasteiger charge is -2.22. The molecule has 1 unspecified atom stereocenters. The average Bonchev–Trinajstić information content (AvgIpc) is 2.95. The van der Waals surface area contributed by atoms with Crippen LogP contribution in [0.4, 0.5) is 5.69 Å². The van der Waals surface area contributed by atoms with Gasteiger partial charge in [-0.1, -0.05) is 23.7 Å². The minimum Gasteiger partial charge on any atom is -0.334 e. The first-order chi connectivity index (χ1) is 10.2. The minimum absolute atomic E-state index is 0.0154. The molecule has 1 fully saturated rings. The topological polar surface area (TPSA) is 80.0 Å². The molecule has 1 aromatic carbocycles. The number of hydrogen-bond acceptors (Lipinski definition) is 5. The number of hydrogen-bond donors (Lipinski definition) is 2. The van der Waals surface area contributed by atoms with Crippen molar-refractivity contribution >= 4 is 11.6 Å². The van der Waals surface area contributed by atoms with Gasteiger partial charge >= 0.3 is 0 Å². The summed E-state index contributed by atoms with van der Waals surface area (Å²) in [6.45, 7) is 2.66. The number of nitrogens with one attached hydrogen (secondary N) is 2. The quantitative estimate of drug-likeness (QED) is 0.903. The first kappa shape index (κ1) is 13.8. The summed E-state index contributed by atoms with van der Waals surface area (Å²) in [5.74, 6) is 0.971. The van der Waals surface area contributed by atoms with Crippen molar-refractivity contribution in [1.29, 1.82) is 0 Å². The molecule has 2 aromatic rings. The second kappa shape index (κ2) is 6.05. The number of aryl methyl sites for hydroxylation is 1. The van der Waals surface area contributed by atoms with Crippen LogP contribution in [0.1, 0.15) is 25.1 Å². The van der Waals surface area contributed by atoms with Crippen molar-refractivity contribution in [2.24, 2.45) is 0 Å². The lowest BCUT2D eigenvalue weighted by Crippen LogP contribution is -2.43. The fourth-order valence-electron chi connectivity index (χ4n) is 2.48. The summed E-state index contributed by atoms with van der Waals surface area (Å²) < 4.78 is 5.19. The molecule has 0 aliphatic carbocycles. The zero-order valence-electron chi connectivity index (χ0n) is 11.9. The van der Waals surface area contributed by atoms with E-state index in [4.69, 9.17) is 4.52 Å². The van der Waals surface area contributed by atoms with Gasteiger partial charge in [-0.2, -0.15) is 4.98 Å². The summed E-state index contributed by atoms with van der Waals surface area (Å²) in [5, 5.41) is 9.99. The molecule has 0 spiro atoms. The molecule has 1 saturated heterocycles. The normalized spacial score (nSPS) is 18.4. The van der Waals surface area contributed by atoms with Gasteiger partial charge in [-0.3, -0.25) is 4.79 Å². The molecule has 2 N–H and O–H groups in total. The Morgan fingerprint density at radius 1 is 1.38 bits per heavy atom. The summed E-state index contributed by atoms with van der Waals surface area (Å²) >= 11 is 0. The van der Waals surface area contributed by atoms with Gasteiger partial charge in [0.05, 0.1) is 17.3 Å². The molecule has 0 radical (unpaired) electrons. The molecule has 21 heavy (non-hydrogen) atoms. The third kappa shape index (κ3) is 3.11. The summed E-state index contributed by atoms with van der Waals surface area (Å²) in [4.78, 5) is 16.5. The van der Waals surface area contributed by atoms with E-state index in [1.807, 2.05) is 24.3 Å². The molecule has 2 heterocycles. The SMILES string of the molecule is Cc1noc(-c2ccccc2NC(=O)C2CCCCN2)n1. The molecule has 0 bridgehead atoms. The van der Waals surface area contributed by atoms with Gasteiger partial charge in [0.15, 0.2) is 5.82 Å². The van der Waals surface area contributed by atoms with Crippen LogP contribution in [0.2, 0.25) is 0 Å². The van der Waals surface area contributed by atoms with E-state index in [1.165, 1.54) is 0 Å². The second-order valence-corrected chi connectivity index (χ2v) is 5.18. The van der Waals surface area contributed by atoms with E-state index < -0.39 is 0 Å². The standard InChI is InChI=1S/C15H18N4O2/c1-10-17-15(21-19-10)11-6-2-3-7-12(11)18-14(20)13-8-4-5-9-16-13/h2-3,6-7,13,16H,4-5,8-9H2,1H3,(H,18,20). The molecule has 3 rings (SSSR count). The summed E-state index contributed by atoms with van der Waals surface area (Å²) in [6.07, 6.45) is 3.07. The van der Waals surface area contributed by atoms with Gasteiger partial charge in [-0.25, -0.2) is 0 Å². The van der Waals surface area contributed by atoms with Crippen molar-refractivity contribution in [2.75, 3.05) is 11.9 Å². The third-order valence-corrected chi connectivity index (χ3v) is 3.57. The molecular weight excluding hydrogens is 268 g/mol. The third-order valence-electron chi connectivity index (χ3n) is 3.57. The molecule has 110 valence electrons. The Hall–Kier alpha value is -2.21. The van der Waals surface area contributed by atoms with Crippen molar-refractivity contribution in [3.05, 3.63) is 30.1 Å². The lowest BCUT2D eigenvalue weighted by molar-refractivity contribution is -0.118. The molecular formula is C15H18N4O2. The highest BCUT2D eigenvalue weighted by molar-refractivity contribution is 5.97. The Morgan fingerprint density at radius 2 is 2.24 bits per heavy atom. The van der Waals surface area contributed by atoms with E-state index in [1.54, 1.807) is 6.92 Å². The summed E-state index contributed by atoms with van der Waals surface area (Å²) in [7, 11) is 0. The van der Waals surface area contributed by atoms with Gasteiger partial charge in [-0.15, -0.1) is 0 Å². The second-order valence-electron chi connectivity index (χ2n) is 5.18. The van der Waals surface area contributed by atoms with Crippen LogP contribution in [0.3, 0.4) is 0 Å². The largest absolute Gasteiger partial charge is 0.334 e. The van der Waals surface area contributed by atoms with Gasteiger partial charge in [-0.05, 0) is 38.4 Å². The van der Waals surface area contributed by atoms with E-state index >= 15 is 0 Å². The van der Waals surface area contributed by atoms with Crippen molar-refractivity contribution in [2.45, 2.75) is 32.2 Å². The van der Waals surface area contributed by atoms with Crippen LogP contribution in [0.5, 0.6) is 0 Å². The van der Waals surface area contributed by atoms with Crippen LogP contribution in [0, 0.1) is 6.92 Å². The minimum atomic E-state index is -0.128. The fourth-order valence-corrected chi connectivity index (χ4v) is 2.48. The Morgan fingerprint density at radius 3 is 2.95 bits per heavy atom. The van der Waals surface area contributed by atoms with Crippen LogP contribution in [-0.4, -0.2) is 28.6 Å². The van der Waals surface area contributed by atoms with E-state index in [0.717, 1.165) is 31.4 Å². The molecule has 6 nitrogen and oxygen atoms in total. The Labute approximate surface area is 122 Å². The highest BCUT2D eigenvalue weighted by Gasteiger charge is 2.22. The monoisotopic (exact) mass is 286 g/mol. The number of anilines is 1. The number of aromatic nitrogens is 2. The number of carbonyl (C=O) groups excluding carboxylic acids is 1. The van der Waals surface area contributed by atoms with Crippen molar-refractivity contribution in [3.8, 4) is 11.5 Å². The van der Waals surface area contributed by atoms with Crippen molar-refractivity contribution in [1.82, 2.24) is 15.5 Å². The van der Waals surface area contributed by atoms with Crippen LogP contribution >= 0.6 is 0 Å². The summed E-state index contributed by atoms with van der Waals surface area (Å²) in [5.41, 5.74) is 1.43. The van der Waals surface area contributed by atoms with E-state index in [-0.39, 0.29) is 11.9 Å². The van der Waals surface area contributed by atoms with E-state index in [2.05, 4.69) is 20.8 Å². The maximum Gasteiger partial charge on any atom is 0.260 e. The highest BCUT2D eigenvalue weighted by atomic mass is 16.5. The Bertz CT molecular complexity index is 632. The lowest BCUT2D eigenvalue weighted by atomic mass is 10.0. The molecule has 1 amide bonds. The predicted octanol–water partition coefficient (Wildman–Crippen LogP) is 2.13. The number of rotatable bonds is 3. The number of carbonyl (C=O) groups is 1. The highest BCUT2D eigenvalue weighted by Crippen LogP contribution is 2.26. The maximum absolute atomic E-state index is 12.3. The van der Waals surface area contributed by atoms with Gasteiger partial charge in [0.25, 0.3) is 5.89 Å². The molecule has 1 aromatic heterocycles. The smallest absolute Gasteiger partial charge is 0.260 e. The molecule has 1 atom stereocenters. The van der Waals surface area contributed by atoms with E-state index in [0.29, 0.717) is 17.4 Å².